The molecular weight excluding hydrogens is 268 g/mol. The Hall–Kier alpha value is -1.74. The number of rotatable bonds is 5. The Balaban J connectivity index is 2.66. The van der Waals surface area contributed by atoms with Crippen molar-refractivity contribution in [2.45, 2.75) is 23.8 Å². The number of carbonyl (C=O) groups is 1. The van der Waals surface area contributed by atoms with Gasteiger partial charge >= 0.3 is 5.97 Å². The van der Waals surface area contributed by atoms with Crippen molar-refractivity contribution in [1.29, 1.82) is 0 Å². The van der Waals surface area contributed by atoms with Crippen LogP contribution in [0, 0.1) is 0 Å². The fraction of sp³-hybridized carbons (Fsp3) is 0.235. The van der Waals surface area contributed by atoms with Crippen molar-refractivity contribution < 1.29 is 9.90 Å². The van der Waals surface area contributed by atoms with E-state index in [0.29, 0.717) is 0 Å². The molecule has 0 spiro atoms. The number of hydrogen-bond donors (Lipinski definition) is 1. The Labute approximate surface area is 123 Å². The van der Waals surface area contributed by atoms with E-state index in [0.717, 1.165) is 11.1 Å². The summed E-state index contributed by atoms with van der Waals surface area (Å²) in [5, 5.41) is 10.2. The zero-order chi connectivity index (χ0) is 14.6. The van der Waals surface area contributed by atoms with Crippen molar-refractivity contribution in [3.63, 3.8) is 0 Å². The second kappa shape index (κ2) is 6.14. The van der Waals surface area contributed by atoms with Crippen molar-refractivity contribution in [2.24, 2.45) is 0 Å². The van der Waals surface area contributed by atoms with Crippen LogP contribution < -0.4 is 0 Å². The average Bonchev–Trinajstić information content (AvgIpc) is 2.46. The van der Waals surface area contributed by atoms with Crippen molar-refractivity contribution >= 4 is 17.7 Å². The minimum Gasteiger partial charge on any atom is -0.480 e. The van der Waals surface area contributed by atoms with E-state index in [2.05, 4.69) is 0 Å². The molecule has 0 fully saturated rings. The lowest BCUT2D eigenvalue weighted by Crippen LogP contribution is -2.35. The van der Waals surface area contributed by atoms with Gasteiger partial charge in [-0.2, -0.15) is 0 Å². The largest absolute Gasteiger partial charge is 0.480 e. The van der Waals surface area contributed by atoms with Crippen molar-refractivity contribution in [1.82, 2.24) is 0 Å². The maximum atomic E-state index is 12.1. The molecule has 0 atom stereocenters. The normalized spacial score (nSPS) is 11.6. The fourth-order valence-corrected chi connectivity index (χ4v) is 3.65. The monoisotopic (exact) mass is 286 g/mol. The highest BCUT2D eigenvalue weighted by atomic mass is 32.2. The molecule has 0 saturated carbocycles. The first-order chi connectivity index (χ1) is 9.57. The van der Waals surface area contributed by atoms with Gasteiger partial charge < -0.3 is 5.11 Å². The molecular formula is C17H18O2S. The number of aliphatic carboxylic acids is 1. The third-order valence-corrected chi connectivity index (χ3v) is 4.55. The molecule has 0 amide bonds. The van der Waals surface area contributed by atoms with Gasteiger partial charge in [0, 0.05) is 5.25 Å². The van der Waals surface area contributed by atoms with E-state index >= 15 is 0 Å². The Bertz CT molecular complexity index is 525. The first kappa shape index (κ1) is 14.7. The molecule has 0 bridgehead atoms. The van der Waals surface area contributed by atoms with Gasteiger partial charge in [0.15, 0.2) is 4.75 Å². The van der Waals surface area contributed by atoms with Gasteiger partial charge in [-0.1, -0.05) is 74.5 Å². The molecule has 0 aliphatic carbocycles. The predicted molar refractivity (Wildman–Crippen MR) is 84.0 cm³/mol. The lowest BCUT2D eigenvalue weighted by Gasteiger charge is -2.31. The van der Waals surface area contributed by atoms with Gasteiger partial charge in [-0.25, -0.2) is 4.79 Å². The topological polar surface area (TPSA) is 37.3 Å². The Morgan fingerprint density at radius 2 is 1.35 bits per heavy atom. The number of carboxylic acid groups (broad SMARTS) is 1. The summed E-state index contributed by atoms with van der Waals surface area (Å²) < 4.78 is -1.06. The van der Waals surface area contributed by atoms with Crippen LogP contribution in [0.3, 0.4) is 0 Å². The summed E-state index contributed by atoms with van der Waals surface area (Å²) in [4.78, 5) is 12.1. The van der Waals surface area contributed by atoms with E-state index in [1.165, 1.54) is 11.8 Å². The van der Waals surface area contributed by atoms with Gasteiger partial charge in [0.05, 0.1) is 0 Å². The van der Waals surface area contributed by atoms with E-state index < -0.39 is 10.7 Å². The lowest BCUT2D eigenvalue weighted by atomic mass is 9.90. The zero-order valence-corrected chi connectivity index (χ0v) is 12.4. The van der Waals surface area contributed by atoms with Gasteiger partial charge in [-0.05, 0) is 11.1 Å². The van der Waals surface area contributed by atoms with E-state index in [9.17, 15) is 9.90 Å². The number of thioether (sulfide) groups is 1. The molecule has 0 saturated heterocycles. The van der Waals surface area contributed by atoms with Gasteiger partial charge in [0.2, 0.25) is 0 Å². The van der Waals surface area contributed by atoms with Crippen LogP contribution in [-0.2, 0) is 9.54 Å². The molecule has 20 heavy (non-hydrogen) atoms. The van der Waals surface area contributed by atoms with Crippen LogP contribution in [0.15, 0.2) is 60.7 Å². The van der Waals surface area contributed by atoms with Crippen LogP contribution in [0.4, 0.5) is 0 Å². The lowest BCUT2D eigenvalue weighted by molar-refractivity contribution is -0.138. The molecule has 1 N–H and O–H groups in total. The maximum absolute atomic E-state index is 12.1. The quantitative estimate of drug-likeness (QED) is 0.897. The SMILES string of the molecule is CC(C)SC(C(=O)O)(c1ccccc1)c1ccccc1. The van der Waals surface area contributed by atoms with Crippen LogP contribution in [-0.4, -0.2) is 16.3 Å². The van der Waals surface area contributed by atoms with Crippen LogP contribution in [0.25, 0.3) is 0 Å². The second-order valence-electron chi connectivity index (χ2n) is 4.88. The summed E-state index contributed by atoms with van der Waals surface area (Å²) in [7, 11) is 0. The van der Waals surface area contributed by atoms with Crippen LogP contribution in [0.5, 0.6) is 0 Å². The average molecular weight is 286 g/mol. The van der Waals surface area contributed by atoms with E-state index in [1.807, 2.05) is 74.5 Å². The second-order valence-corrected chi connectivity index (χ2v) is 6.68. The summed E-state index contributed by atoms with van der Waals surface area (Å²) in [6.45, 7) is 4.04. The minimum atomic E-state index is -1.06. The predicted octanol–water partition coefficient (Wildman–Crippen LogP) is 4.16. The number of benzene rings is 2. The highest BCUT2D eigenvalue weighted by Crippen LogP contribution is 2.45. The van der Waals surface area contributed by atoms with Gasteiger partial charge in [-0.3, -0.25) is 0 Å². The summed E-state index contributed by atoms with van der Waals surface area (Å²) in [5.74, 6) is -0.825. The summed E-state index contributed by atoms with van der Waals surface area (Å²) >= 11 is 1.46. The van der Waals surface area contributed by atoms with E-state index in [-0.39, 0.29) is 5.25 Å². The standard InChI is InChI=1S/C17H18O2S/c1-13(2)20-17(16(18)19,14-9-5-3-6-10-14)15-11-7-4-8-12-15/h3-13H,1-2H3,(H,18,19). The molecule has 2 aromatic rings. The Morgan fingerprint density at radius 3 is 1.65 bits per heavy atom. The first-order valence-corrected chi connectivity index (χ1v) is 7.47. The highest BCUT2D eigenvalue weighted by molar-refractivity contribution is 8.01. The third-order valence-electron chi connectivity index (χ3n) is 3.07. The summed E-state index contributed by atoms with van der Waals surface area (Å²) in [6, 6.07) is 18.9. The van der Waals surface area contributed by atoms with E-state index in [4.69, 9.17) is 0 Å². The minimum absolute atomic E-state index is 0.200. The molecule has 0 heterocycles. The molecule has 104 valence electrons. The molecule has 0 aliphatic heterocycles. The van der Waals surface area contributed by atoms with Gasteiger partial charge in [0.1, 0.15) is 0 Å². The highest BCUT2D eigenvalue weighted by Gasteiger charge is 2.43. The molecule has 2 aromatic carbocycles. The smallest absolute Gasteiger partial charge is 0.328 e. The molecule has 2 nitrogen and oxygen atoms in total. The van der Waals surface area contributed by atoms with Crippen LogP contribution in [0.2, 0.25) is 0 Å². The molecule has 0 radical (unpaired) electrons. The van der Waals surface area contributed by atoms with Crippen LogP contribution >= 0.6 is 11.8 Å². The molecule has 0 unspecified atom stereocenters. The molecule has 3 heteroatoms. The molecule has 0 aromatic heterocycles. The third kappa shape index (κ3) is 2.73. The number of hydrogen-bond acceptors (Lipinski definition) is 2. The van der Waals surface area contributed by atoms with Crippen molar-refractivity contribution in [3.8, 4) is 0 Å². The van der Waals surface area contributed by atoms with E-state index in [1.54, 1.807) is 0 Å². The fourth-order valence-electron chi connectivity index (χ4n) is 2.30. The Kier molecular flexibility index (Phi) is 4.50. The van der Waals surface area contributed by atoms with Crippen LogP contribution in [0.1, 0.15) is 25.0 Å². The Morgan fingerprint density at radius 1 is 0.950 bits per heavy atom. The van der Waals surface area contributed by atoms with Crippen molar-refractivity contribution in [2.75, 3.05) is 0 Å². The van der Waals surface area contributed by atoms with Crippen molar-refractivity contribution in [3.05, 3.63) is 71.8 Å². The maximum Gasteiger partial charge on any atom is 0.328 e. The zero-order valence-electron chi connectivity index (χ0n) is 11.6. The summed E-state index contributed by atoms with van der Waals surface area (Å²) in [6.07, 6.45) is 0. The number of carboxylic acids is 1. The first-order valence-electron chi connectivity index (χ1n) is 6.59. The molecule has 0 aliphatic rings. The van der Waals surface area contributed by atoms with Gasteiger partial charge in [-0.15, -0.1) is 11.8 Å². The summed E-state index contributed by atoms with van der Waals surface area (Å²) in [5.41, 5.74) is 1.61. The molecule has 2 rings (SSSR count). The van der Waals surface area contributed by atoms with Gasteiger partial charge in [0.25, 0.3) is 0 Å².